The molecule has 1 aromatic carbocycles. The van der Waals surface area contributed by atoms with E-state index in [1.165, 1.54) is 12.8 Å². The summed E-state index contributed by atoms with van der Waals surface area (Å²) in [6.07, 6.45) is 4.47. The predicted molar refractivity (Wildman–Crippen MR) is 90.0 cm³/mol. The van der Waals surface area contributed by atoms with Crippen LogP contribution in [0.1, 0.15) is 59.4 Å². The number of nitrogens with one attached hydrogen (secondary N) is 1. The van der Waals surface area contributed by atoms with Crippen LogP contribution in [0.15, 0.2) is 24.3 Å². The normalized spacial score (nSPS) is 13.7. The van der Waals surface area contributed by atoms with E-state index in [0.29, 0.717) is 5.92 Å². The summed E-state index contributed by atoms with van der Waals surface area (Å²) in [6, 6.07) is 7.18. The molecule has 0 radical (unpaired) electrons. The molecular formula is C19H32FN. The Hall–Kier alpha value is -0.890. The molecule has 1 rings (SSSR count). The molecular weight excluding hydrogens is 261 g/mol. The summed E-state index contributed by atoms with van der Waals surface area (Å²) < 4.78 is 13.9. The van der Waals surface area contributed by atoms with Crippen LogP contribution in [0.2, 0.25) is 0 Å². The van der Waals surface area contributed by atoms with Crippen molar-refractivity contribution in [1.82, 2.24) is 5.32 Å². The van der Waals surface area contributed by atoms with Gasteiger partial charge in [0.2, 0.25) is 0 Å². The lowest BCUT2D eigenvalue weighted by Gasteiger charge is -2.26. The smallest absolute Gasteiger partial charge is 0.126 e. The first kappa shape index (κ1) is 18.2. The highest BCUT2D eigenvalue weighted by Crippen LogP contribution is 2.19. The molecule has 0 saturated carbocycles. The van der Waals surface area contributed by atoms with Crippen LogP contribution < -0.4 is 5.32 Å². The fraction of sp³-hybridized carbons (Fsp3) is 0.684. The molecule has 21 heavy (non-hydrogen) atoms. The third kappa shape index (κ3) is 8.21. The minimum atomic E-state index is -0.0675. The monoisotopic (exact) mass is 293 g/mol. The first-order valence-corrected chi connectivity index (χ1v) is 8.26. The number of hydrogen-bond donors (Lipinski definition) is 1. The number of rotatable bonds is 8. The van der Waals surface area contributed by atoms with Gasteiger partial charge in [0.1, 0.15) is 5.82 Å². The Morgan fingerprint density at radius 2 is 1.76 bits per heavy atom. The maximum atomic E-state index is 13.9. The Balaban J connectivity index is 2.60. The van der Waals surface area contributed by atoms with Crippen molar-refractivity contribution in [3.05, 3.63) is 35.6 Å². The Morgan fingerprint density at radius 1 is 1.10 bits per heavy atom. The maximum Gasteiger partial charge on any atom is 0.126 e. The highest BCUT2D eigenvalue weighted by Gasteiger charge is 2.16. The Labute approximate surface area is 130 Å². The number of halogens is 1. The summed E-state index contributed by atoms with van der Waals surface area (Å²) in [6.45, 7) is 12.0. The second-order valence-corrected chi connectivity index (χ2v) is 7.62. The summed E-state index contributed by atoms with van der Waals surface area (Å²) in [5, 5.41) is 3.58. The third-order valence-corrected chi connectivity index (χ3v) is 3.78. The first-order valence-electron chi connectivity index (χ1n) is 8.26. The zero-order valence-electron chi connectivity index (χ0n) is 14.4. The minimum Gasteiger partial charge on any atom is -0.312 e. The molecule has 0 bridgehead atoms. The molecule has 0 aliphatic carbocycles. The van der Waals surface area contributed by atoms with Gasteiger partial charge in [0, 0.05) is 5.54 Å². The quantitative estimate of drug-likeness (QED) is 0.694. The van der Waals surface area contributed by atoms with Crippen LogP contribution in [0.4, 0.5) is 4.39 Å². The topological polar surface area (TPSA) is 12.0 Å². The van der Waals surface area contributed by atoms with Crippen molar-refractivity contribution in [2.24, 2.45) is 11.8 Å². The maximum absolute atomic E-state index is 13.9. The van der Waals surface area contributed by atoms with Gasteiger partial charge in [-0.05, 0) is 63.6 Å². The van der Waals surface area contributed by atoms with Gasteiger partial charge < -0.3 is 5.32 Å². The molecule has 1 N–H and O–H groups in total. The van der Waals surface area contributed by atoms with Crippen molar-refractivity contribution in [2.45, 2.75) is 65.8 Å². The van der Waals surface area contributed by atoms with E-state index in [0.717, 1.165) is 30.9 Å². The van der Waals surface area contributed by atoms with Gasteiger partial charge in [-0.25, -0.2) is 4.39 Å². The molecule has 0 aliphatic rings. The Morgan fingerprint density at radius 3 is 2.33 bits per heavy atom. The fourth-order valence-electron chi connectivity index (χ4n) is 2.52. The second-order valence-electron chi connectivity index (χ2n) is 7.62. The predicted octanol–water partition coefficient (Wildman–Crippen LogP) is 5.20. The van der Waals surface area contributed by atoms with E-state index in [9.17, 15) is 4.39 Å². The Kier molecular flexibility index (Phi) is 7.37. The lowest BCUT2D eigenvalue weighted by molar-refractivity contribution is 0.342. The van der Waals surface area contributed by atoms with E-state index in [1.807, 2.05) is 12.1 Å². The van der Waals surface area contributed by atoms with Crippen molar-refractivity contribution in [3.63, 3.8) is 0 Å². The SMILES string of the molecule is CC(C)CCCC(CNC(C)(C)C)Cc1ccccc1F. The van der Waals surface area contributed by atoms with Crippen LogP contribution in [0.5, 0.6) is 0 Å². The number of benzene rings is 1. The van der Waals surface area contributed by atoms with Gasteiger partial charge in [0.15, 0.2) is 0 Å². The zero-order chi connectivity index (χ0) is 15.9. The summed E-state index contributed by atoms with van der Waals surface area (Å²) in [5.74, 6) is 1.18. The van der Waals surface area contributed by atoms with Gasteiger partial charge in [0.25, 0.3) is 0 Å². The molecule has 120 valence electrons. The van der Waals surface area contributed by atoms with Crippen LogP contribution in [0.3, 0.4) is 0 Å². The summed E-state index contributed by atoms with van der Waals surface area (Å²) in [7, 11) is 0. The van der Waals surface area contributed by atoms with E-state index < -0.39 is 0 Å². The lowest BCUT2D eigenvalue weighted by Crippen LogP contribution is -2.39. The van der Waals surface area contributed by atoms with Gasteiger partial charge in [0.05, 0.1) is 0 Å². The molecule has 0 spiro atoms. The van der Waals surface area contributed by atoms with E-state index in [1.54, 1.807) is 12.1 Å². The van der Waals surface area contributed by atoms with E-state index in [4.69, 9.17) is 0 Å². The highest BCUT2D eigenvalue weighted by molar-refractivity contribution is 5.17. The van der Waals surface area contributed by atoms with Crippen LogP contribution >= 0.6 is 0 Å². The summed E-state index contributed by atoms with van der Waals surface area (Å²) in [5.41, 5.74) is 0.966. The van der Waals surface area contributed by atoms with Crippen LogP contribution in [-0.4, -0.2) is 12.1 Å². The average Bonchev–Trinajstić information content (AvgIpc) is 2.37. The molecule has 0 fully saturated rings. The molecule has 0 heterocycles. The van der Waals surface area contributed by atoms with E-state index >= 15 is 0 Å². The molecule has 1 atom stereocenters. The summed E-state index contributed by atoms with van der Waals surface area (Å²) >= 11 is 0. The van der Waals surface area contributed by atoms with Gasteiger partial charge >= 0.3 is 0 Å². The third-order valence-electron chi connectivity index (χ3n) is 3.78. The number of hydrogen-bond acceptors (Lipinski definition) is 1. The zero-order valence-corrected chi connectivity index (χ0v) is 14.4. The van der Waals surface area contributed by atoms with Crippen molar-refractivity contribution < 1.29 is 4.39 Å². The largest absolute Gasteiger partial charge is 0.312 e. The lowest BCUT2D eigenvalue weighted by atomic mass is 9.91. The minimum absolute atomic E-state index is 0.0675. The molecule has 0 aromatic heterocycles. The summed E-state index contributed by atoms with van der Waals surface area (Å²) in [4.78, 5) is 0. The van der Waals surface area contributed by atoms with Crippen molar-refractivity contribution in [2.75, 3.05) is 6.54 Å². The van der Waals surface area contributed by atoms with Gasteiger partial charge in [-0.1, -0.05) is 44.9 Å². The fourth-order valence-corrected chi connectivity index (χ4v) is 2.52. The second kappa shape index (κ2) is 8.53. The van der Waals surface area contributed by atoms with Crippen LogP contribution in [-0.2, 0) is 6.42 Å². The molecule has 0 saturated heterocycles. The van der Waals surface area contributed by atoms with Gasteiger partial charge in [-0.3, -0.25) is 0 Å². The van der Waals surface area contributed by atoms with Crippen molar-refractivity contribution in [1.29, 1.82) is 0 Å². The molecule has 1 aromatic rings. The Bertz CT molecular complexity index is 406. The molecule has 1 nitrogen and oxygen atoms in total. The molecule has 0 amide bonds. The van der Waals surface area contributed by atoms with Gasteiger partial charge in [-0.2, -0.15) is 0 Å². The van der Waals surface area contributed by atoms with E-state index in [2.05, 4.69) is 39.9 Å². The van der Waals surface area contributed by atoms with E-state index in [-0.39, 0.29) is 11.4 Å². The van der Waals surface area contributed by atoms with Crippen molar-refractivity contribution in [3.8, 4) is 0 Å². The van der Waals surface area contributed by atoms with Crippen LogP contribution in [0, 0.1) is 17.7 Å². The molecule has 0 aliphatic heterocycles. The molecule has 1 unspecified atom stereocenters. The highest BCUT2D eigenvalue weighted by atomic mass is 19.1. The van der Waals surface area contributed by atoms with Crippen LogP contribution in [0.25, 0.3) is 0 Å². The average molecular weight is 293 g/mol. The molecule has 2 heteroatoms. The standard InChI is InChI=1S/C19H32FN/c1-15(2)9-8-10-16(14-21-19(3,4)5)13-17-11-6-7-12-18(17)20/h6-7,11-12,15-16,21H,8-10,13-14H2,1-5H3. The van der Waals surface area contributed by atoms with Crippen molar-refractivity contribution >= 4 is 0 Å². The first-order chi connectivity index (χ1) is 9.78. The van der Waals surface area contributed by atoms with Gasteiger partial charge in [-0.15, -0.1) is 0 Å².